The Kier molecular flexibility index (Phi) is 3.79. The third-order valence-corrected chi connectivity index (χ3v) is 3.09. The summed E-state index contributed by atoms with van der Waals surface area (Å²) >= 11 is 0. The molecule has 0 amide bonds. The van der Waals surface area contributed by atoms with E-state index in [2.05, 4.69) is 9.97 Å². The first kappa shape index (κ1) is 12.8. The third-order valence-electron chi connectivity index (χ3n) is 3.09. The fourth-order valence-corrected chi connectivity index (χ4v) is 2.09. The van der Waals surface area contributed by atoms with Gasteiger partial charge in [-0.05, 0) is 25.7 Å². The Morgan fingerprint density at radius 2 is 2.11 bits per heavy atom. The lowest BCUT2D eigenvalue weighted by Crippen LogP contribution is -2.16. The molecule has 1 saturated carbocycles. The van der Waals surface area contributed by atoms with E-state index in [0.29, 0.717) is 11.6 Å². The zero-order valence-electron chi connectivity index (χ0n) is 10.7. The Balaban J connectivity index is 2.25. The Hall–Kier alpha value is -1.65. The van der Waals surface area contributed by atoms with Crippen molar-refractivity contribution in [1.29, 1.82) is 0 Å². The van der Waals surface area contributed by atoms with Gasteiger partial charge in [0.15, 0.2) is 11.4 Å². The van der Waals surface area contributed by atoms with Crippen molar-refractivity contribution in [1.82, 2.24) is 9.97 Å². The molecule has 5 nitrogen and oxygen atoms in total. The summed E-state index contributed by atoms with van der Waals surface area (Å²) in [5, 5.41) is 9.18. The highest BCUT2D eigenvalue weighted by Gasteiger charge is 2.22. The molecule has 2 rings (SSSR count). The number of carbonyl (C=O) groups is 1. The predicted octanol–water partition coefficient (Wildman–Crippen LogP) is 2.62. The monoisotopic (exact) mass is 250 g/mol. The smallest absolute Gasteiger partial charge is 0.358 e. The lowest BCUT2D eigenvalue weighted by atomic mass is 10.2. The summed E-state index contributed by atoms with van der Waals surface area (Å²) in [7, 11) is 0. The molecule has 5 heteroatoms. The molecule has 0 atom stereocenters. The summed E-state index contributed by atoms with van der Waals surface area (Å²) in [6.07, 6.45) is 5.83. The highest BCUT2D eigenvalue weighted by Crippen LogP contribution is 2.26. The van der Waals surface area contributed by atoms with E-state index in [1.54, 1.807) is 0 Å². The van der Waals surface area contributed by atoms with Crippen LogP contribution in [0.1, 0.15) is 61.8 Å². The van der Waals surface area contributed by atoms with E-state index in [4.69, 9.17) is 4.74 Å². The molecule has 1 aromatic rings. The van der Waals surface area contributed by atoms with Gasteiger partial charge in [0.25, 0.3) is 0 Å². The van der Waals surface area contributed by atoms with Gasteiger partial charge in [0.2, 0.25) is 0 Å². The van der Waals surface area contributed by atoms with Crippen LogP contribution < -0.4 is 4.74 Å². The van der Waals surface area contributed by atoms with Crippen molar-refractivity contribution >= 4 is 5.97 Å². The number of rotatable bonds is 4. The second-order valence-electron chi connectivity index (χ2n) is 4.93. The van der Waals surface area contributed by atoms with Crippen molar-refractivity contribution in [2.75, 3.05) is 0 Å². The third kappa shape index (κ3) is 2.78. The Bertz CT molecular complexity index is 440. The van der Waals surface area contributed by atoms with E-state index < -0.39 is 5.97 Å². The van der Waals surface area contributed by atoms with Crippen LogP contribution in [-0.2, 0) is 0 Å². The zero-order chi connectivity index (χ0) is 13.1. The number of hydrogen-bond acceptors (Lipinski definition) is 4. The van der Waals surface area contributed by atoms with Crippen LogP contribution in [0.3, 0.4) is 0 Å². The SMILES string of the molecule is CC(C)c1ncc(OC2CCCC2)c(C(=O)O)n1. The van der Waals surface area contributed by atoms with Crippen molar-refractivity contribution in [3.05, 3.63) is 17.7 Å². The van der Waals surface area contributed by atoms with Crippen LogP contribution in [0.5, 0.6) is 5.75 Å². The molecule has 98 valence electrons. The molecular weight excluding hydrogens is 232 g/mol. The zero-order valence-corrected chi connectivity index (χ0v) is 10.7. The average molecular weight is 250 g/mol. The van der Waals surface area contributed by atoms with Crippen molar-refractivity contribution < 1.29 is 14.6 Å². The minimum Gasteiger partial charge on any atom is -0.486 e. The molecule has 0 bridgehead atoms. The predicted molar refractivity (Wildman–Crippen MR) is 66.0 cm³/mol. The molecular formula is C13H18N2O3. The van der Waals surface area contributed by atoms with Crippen molar-refractivity contribution in [2.45, 2.75) is 51.6 Å². The van der Waals surface area contributed by atoms with E-state index >= 15 is 0 Å². The second kappa shape index (κ2) is 5.33. The first-order valence-electron chi connectivity index (χ1n) is 6.35. The van der Waals surface area contributed by atoms with E-state index in [1.165, 1.54) is 6.20 Å². The van der Waals surface area contributed by atoms with Crippen molar-refractivity contribution in [2.24, 2.45) is 0 Å². The maximum atomic E-state index is 11.2. The highest BCUT2D eigenvalue weighted by molar-refractivity contribution is 5.88. The molecule has 18 heavy (non-hydrogen) atoms. The Morgan fingerprint density at radius 1 is 1.44 bits per heavy atom. The number of aromatic carboxylic acids is 1. The van der Waals surface area contributed by atoms with Crippen molar-refractivity contribution in [3.63, 3.8) is 0 Å². The highest BCUT2D eigenvalue weighted by atomic mass is 16.5. The fourth-order valence-electron chi connectivity index (χ4n) is 2.09. The topological polar surface area (TPSA) is 72.3 Å². The maximum absolute atomic E-state index is 11.2. The first-order valence-corrected chi connectivity index (χ1v) is 6.35. The lowest BCUT2D eigenvalue weighted by molar-refractivity contribution is 0.0681. The van der Waals surface area contributed by atoms with Gasteiger partial charge in [-0.1, -0.05) is 13.8 Å². The van der Waals surface area contributed by atoms with E-state index in [1.807, 2.05) is 13.8 Å². The summed E-state index contributed by atoms with van der Waals surface area (Å²) in [6.45, 7) is 3.86. The van der Waals surface area contributed by atoms with E-state index in [9.17, 15) is 9.90 Å². The normalized spacial score (nSPS) is 16.2. The van der Waals surface area contributed by atoms with Gasteiger partial charge >= 0.3 is 5.97 Å². The van der Waals surface area contributed by atoms with Gasteiger partial charge in [0.05, 0.1) is 12.3 Å². The van der Waals surface area contributed by atoms with Gasteiger partial charge in [-0.15, -0.1) is 0 Å². The molecule has 0 saturated heterocycles. The van der Waals surface area contributed by atoms with Crippen LogP contribution in [0.4, 0.5) is 0 Å². The molecule has 1 N–H and O–H groups in total. The van der Waals surface area contributed by atoms with Crippen LogP contribution in [0.2, 0.25) is 0 Å². The van der Waals surface area contributed by atoms with Gasteiger partial charge < -0.3 is 9.84 Å². The Labute approximate surface area is 106 Å². The lowest BCUT2D eigenvalue weighted by Gasteiger charge is -2.15. The maximum Gasteiger partial charge on any atom is 0.358 e. The van der Waals surface area contributed by atoms with Gasteiger partial charge in [0, 0.05) is 5.92 Å². The molecule has 1 fully saturated rings. The second-order valence-corrected chi connectivity index (χ2v) is 4.93. The van der Waals surface area contributed by atoms with E-state index in [0.717, 1.165) is 25.7 Å². The quantitative estimate of drug-likeness (QED) is 0.889. The van der Waals surface area contributed by atoms with Crippen LogP contribution in [-0.4, -0.2) is 27.1 Å². The van der Waals surface area contributed by atoms with Crippen LogP contribution in [0, 0.1) is 0 Å². The molecule has 1 aromatic heterocycles. The summed E-state index contributed by atoms with van der Waals surface area (Å²) in [5.41, 5.74) is -0.0272. The van der Waals surface area contributed by atoms with Crippen LogP contribution in [0.25, 0.3) is 0 Å². The average Bonchev–Trinajstić information content (AvgIpc) is 2.81. The van der Waals surface area contributed by atoms with Gasteiger partial charge in [-0.2, -0.15) is 0 Å². The standard InChI is InChI=1S/C13H18N2O3/c1-8(2)12-14-7-10(11(15-12)13(16)17)18-9-5-3-4-6-9/h7-9H,3-6H2,1-2H3,(H,16,17). The van der Waals surface area contributed by atoms with Crippen LogP contribution >= 0.6 is 0 Å². The fraction of sp³-hybridized carbons (Fsp3) is 0.615. The van der Waals surface area contributed by atoms with Gasteiger partial charge in [-0.25, -0.2) is 14.8 Å². The number of carboxylic acid groups (broad SMARTS) is 1. The molecule has 1 heterocycles. The molecule has 0 aliphatic heterocycles. The molecule has 1 aliphatic carbocycles. The summed E-state index contributed by atoms with van der Waals surface area (Å²) in [5.74, 6) is -0.138. The number of nitrogens with zero attached hydrogens (tertiary/aromatic N) is 2. The van der Waals surface area contributed by atoms with Gasteiger partial charge in [0.1, 0.15) is 5.82 Å². The minimum absolute atomic E-state index is 0.0272. The van der Waals surface area contributed by atoms with Crippen molar-refractivity contribution in [3.8, 4) is 5.75 Å². The van der Waals surface area contributed by atoms with Crippen LogP contribution in [0.15, 0.2) is 6.20 Å². The Morgan fingerprint density at radius 3 is 2.67 bits per heavy atom. The summed E-state index contributed by atoms with van der Waals surface area (Å²) in [4.78, 5) is 19.4. The number of carboxylic acids is 1. The molecule has 0 unspecified atom stereocenters. The molecule has 0 aromatic carbocycles. The minimum atomic E-state index is -1.06. The number of ether oxygens (including phenoxy) is 1. The number of aromatic nitrogens is 2. The van der Waals surface area contributed by atoms with E-state index in [-0.39, 0.29) is 17.7 Å². The number of hydrogen-bond donors (Lipinski definition) is 1. The molecule has 1 aliphatic rings. The molecule has 0 radical (unpaired) electrons. The largest absolute Gasteiger partial charge is 0.486 e. The summed E-state index contributed by atoms with van der Waals surface area (Å²) in [6, 6.07) is 0. The first-order chi connectivity index (χ1) is 8.58. The summed E-state index contributed by atoms with van der Waals surface area (Å²) < 4.78 is 5.70. The van der Waals surface area contributed by atoms with Gasteiger partial charge in [-0.3, -0.25) is 0 Å². The molecule has 0 spiro atoms.